The van der Waals surface area contributed by atoms with E-state index in [4.69, 9.17) is 9.47 Å². The average molecular weight is 362 g/mol. The molecule has 0 saturated carbocycles. The van der Waals surface area contributed by atoms with Crippen LogP contribution in [-0.2, 0) is 15.9 Å². The lowest BCUT2D eigenvalue weighted by Gasteiger charge is -2.14. The summed E-state index contributed by atoms with van der Waals surface area (Å²) >= 11 is 3.46. The molecule has 2 heterocycles. The Morgan fingerprint density at radius 3 is 2.82 bits per heavy atom. The van der Waals surface area contributed by atoms with Gasteiger partial charge in [-0.25, -0.2) is 0 Å². The van der Waals surface area contributed by atoms with Gasteiger partial charge in [-0.2, -0.15) is 0 Å². The van der Waals surface area contributed by atoms with Gasteiger partial charge in [-0.1, -0.05) is 34.1 Å². The second-order valence-electron chi connectivity index (χ2n) is 5.52. The minimum atomic E-state index is -0.0671. The fraction of sp³-hybridized carbons (Fsp3) is 0.389. The second-order valence-corrected chi connectivity index (χ2v) is 6.43. The van der Waals surface area contributed by atoms with Crippen molar-refractivity contribution >= 4 is 15.9 Å². The van der Waals surface area contributed by atoms with Crippen LogP contribution in [-0.4, -0.2) is 17.9 Å². The molecule has 0 radical (unpaired) electrons. The summed E-state index contributed by atoms with van der Waals surface area (Å²) in [5.41, 5.74) is 2.48. The average Bonchev–Trinajstić information content (AvgIpc) is 3.02. The van der Waals surface area contributed by atoms with Gasteiger partial charge in [-0.05, 0) is 48.6 Å². The maximum absolute atomic E-state index is 5.99. The number of benzene rings is 1. The Bertz CT molecular complexity index is 573. The Labute approximate surface area is 139 Å². The highest BCUT2D eigenvalue weighted by atomic mass is 79.9. The number of pyridine rings is 1. The van der Waals surface area contributed by atoms with Crippen LogP contribution in [0.1, 0.15) is 36.5 Å². The lowest BCUT2D eigenvalue weighted by molar-refractivity contribution is -0.135. The van der Waals surface area contributed by atoms with E-state index in [1.807, 2.05) is 12.3 Å². The summed E-state index contributed by atoms with van der Waals surface area (Å²) in [6.07, 6.45) is 7.79. The van der Waals surface area contributed by atoms with E-state index in [1.165, 1.54) is 11.1 Å². The highest BCUT2D eigenvalue weighted by molar-refractivity contribution is 9.10. The Kier molecular flexibility index (Phi) is 5.59. The van der Waals surface area contributed by atoms with Crippen molar-refractivity contribution in [1.29, 1.82) is 0 Å². The third-order valence-corrected chi connectivity index (χ3v) is 4.39. The molecule has 3 rings (SSSR count). The van der Waals surface area contributed by atoms with E-state index in [2.05, 4.69) is 51.2 Å². The van der Waals surface area contributed by atoms with Gasteiger partial charge in [-0.15, -0.1) is 0 Å². The van der Waals surface area contributed by atoms with Crippen LogP contribution in [0.2, 0.25) is 0 Å². The van der Waals surface area contributed by atoms with Gasteiger partial charge in [0, 0.05) is 23.3 Å². The molecule has 2 atom stereocenters. The normalized spacial score (nSPS) is 21.1. The monoisotopic (exact) mass is 361 g/mol. The number of nitrogens with zero attached hydrogens (tertiary/aromatic N) is 1. The molecule has 0 amide bonds. The quantitative estimate of drug-likeness (QED) is 0.700. The maximum Gasteiger partial charge on any atom is 0.158 e. The summed E-state index contributed by atoms with van der Waals surface area (Å²) < 4.78 is 12.9. The molecule has 0 unspecified atom stereocenters. The van der Waals surface area contributed by atoms with Gasteiger partial charge >= 0.3 is 0 Å². The largest absolute Gasteiger partial charge is 0.353 e. The number of halogens is 1. The van der Waals surface area contributed by atoms with Crippen molar-refractivity contribution in [2.75, 3.05) is 6.61 Å². The highest BCUT2D eigenvalue weighted by Gasteiger charge is 2.26. The lowest BCUT2D eigenvalue weighted by atomic mass is 10.1. The number of hydrogen-bond acceptors (Lipinski definition) is 3. The predicted molar refractivity (Wildman–Crippen MR) is 89.5 cm³/mol. The maximum atomic E-state index is 5.99. The first-order chi connectivity index (χ1) is 10.8. The van der Waals surface area contributed by atoms with E-state index in [0.29, 0.717) is 0 Å². The third-order valence-electron chi connectivity index (χ3n) is 3.86. The molecule has 4 heteroatoms. The molecule has 1 aromatic heterocycles. The summed E-state index contributed by atoms with van der Waals surface area (Å²) in [4.78, 5) is 4.12. The van der Waals surface area contributed by atoms with Crippen molar-refractivity contribution in [2.45, 2.75) is 38.1 Å². The molecular formula is C18H20BrNO2. The van der Waals surface area contributed by atoms with Crippen molar-refractivity contribution in [2.24, 2.45) is 0 Å². The molecule has 0 aliphatic carbocycles. The fourth-order valence-corrected chi connectivity index (χ4v) is 2.95. The standard InChI is InChI=1S/C18H20BrNO2/c19-16-7-5-15(6-8-16)17-9-10-18(22-17)21-12-2-4-14-3-1-11-20-13-14/h1,3,5-8,11,13,17-18H,2,4,9-10,12H2/t17-,18+/m1/s1. The van der Waals surface area contributed by atoms with E-state index in [1.54, 1.807) is 6.20 Å². The zero-order valence-corrected chi connectivity index (χ0v) is 14.0. The Hall–Kier alpha value is -1.23. The van der Waals surface area contributed by atoms with Crippen LogP contribution in [0.4, 0.5) is 0 Å². The van der Waals surface area contributed by atoms with Crippen LogP contribution >= 0.6 is 15.9 Å². The van der Waals surface area contributed by atoms with Crippen LogP contribution in [0.15, 0.2) is 53.3 Å². The van der Waals surface area contributed by atoms with Gasteiger partial charge in [0.25, 0.3) is 0 Å². The molecule has 1 saturated heterocycles. The number of rotatable bonds is 6. The van der Waals surface area contributed by atoms with E-state index in [0.717, 1.165) is 36.8 Å². The van der Waals surface area contributed by atoms with Crippen LogP contribution < -0.4 is 0 Å². The lowest BCUT2D eigenvalue weighted by Crippen LogP contribution is -2.12. The van der Waals surface area contributed by atoms with Crippen LogP contribution in [0.3, 0.4) is 0 Å². The zero-order valence-electron chi connectivity index (χ0n) is 12.5. The molecule has 3 nitrogen and oxygen atoms in total. The minimum absolute atomic E-state index is 0.0671. The highest BCUT2D eigenvalue weighted by Crippen LogP contribution is 2.33. The van der Waals surface area contributed by atoms with Gasteiger partial charge in [0.15, 0.2) is 6.29 Å². The second kappa shape index (κ2) is 7.86. The van der Waals surface area contributed by atoms with Gasteiger partial charge in [0.05, 0.1) is 12.7 Å². The molecule has 1 fully saturated rings. The van der Waals surface area contributed by atoms with Crippen molar-refractivity contribution in [1.82, 2.24) is 4.98 Å². The Balaban J connectivity index is 1.39. The molecule has 116 valence electrons. The smallest absolute Gasteiger partial charge is 0.158 e. The van der Waals surface area contributed by atoms with Crippen molar-refractivity contribution in [3.05, 3.63) is 64.4 Å². The first-order valence-electron chi connectivity index (χ1n) is 7.73. The topological polar surface area (TPSA) is 31.4 Å². The van der Waals surface area contributed by atoms with E-state index < -0.39 is 0 Å². The van der Waals surface area contributed by atoms with Crippen LogP contribution in [0.25, 0.3) is 0 Å². The van der Waals surface area contributed by atoms with E-state index >= 15 is 0 Å². The molecule has 0 spiro atoms. The number of hydrogen-bond donors (Lipinski definition) is 0. The number of ether oxygens (including phenoxy) is 2. The molecule has 2 aromatic rings. The Morgan fingerprint density at radius 1 is 1.18 bits per heavy atom. The first kappa shape index (κ1) is 15.7. The van der Waals surface area contributed by atoms with Gasteiger partial charge in [0.1, 0.15) is 0 Å². The predicted octanol–water partition coefficient (Wildman–Crippen LogP) is 4.67. The fourth-order valence-electron chi connectivity index (χ4n) is 2.69. The van der Waals surface area contributed by atoms with Gasteiger partial charge in [0.2, 0.25) is 0 Å². The van der Waals surface area contributed by atoms with Crippen molar-refractivity contribution < 1.29 is 9.47 Å². The summed E-state index contributed by atoms with van der Waals surface area (Å²) in [6, 6.07) is 12.4. The van der Waals surface area contributed by atoms with Gasteiger partial charge in [-0.3, -0.25) is 4.98 Å². The summed E-state index contributed by atoms with van der Waals surface area (Å²) in [6.45, 7) is 0.729. The van der Waals surface area contributed by atoms with E-state index in [9.17, 15) is 0 Å². The minimum Gasteiger partial charge on any atom is -0.353 e. The van der Waals surface area contributed by atoms with E-state index in [-0.39, 0.29) is 12.4 Å². The SMILES string of the molecule is Brc1ccc([C@H]2CC[C@@H](OCCCc3cccnc3)O2)cc1. The molecule has 1 aliphatic rings. The molecule has 0 bridgehead atoms. The molecule has 22 heavy (non-hydrogen) atoms. The number of aromatic nitrogens is 1. The zero-order chi connectivity index (χ0) is 15.2. The van der Waals surface area contributed by atoms with Crippen molar-refractivity contribution in [3.8, 4) is 0 Å². The van der Waals surface area contributed by atoms with Crippen LogP contribution in [0, 0.1) is 0 Å². The number of aryl methyl sites for hydroxylation is 1. The Morgan fingerprint density at radius 2 is 2.05 bits per heavy atom. The summed E-state index contributed by atoms with van der Waals surface area (Å²) in [5.74, 6) is 0. The summed E-state index contributed by atoms with van der Waals surface area (Å²) in [5, 5.41) is 0. The molecular weight excluding hydrogens is 342 g/mol. The molecule has 0 N–H and O–H groups in total. The molecule has 1 aromatic carbocycles. The molecule has 1 aliphatic heterocycles. The summed E-state index contributed by atoms with van der Waals surface area (Å²) in [7, 11) is 0. The first-order valence-corrected chi connectivity index (χ1v) is 8.52. The van der Waals surface area contributed by atoms with Crippen molar-refractivity contribution in [3.63, 3.8) is 0 Å². The van der Waals surface area contributed by atoms with Gasteiger partial charge < -0.3 is 9.47 Å². The third kappa shape index (κ3) is 4.38. The van der Waals surface area contributed by atoms with Crippen LogP contribution in [0.5, 0.6) is 0 Å².